The molecule has 1 unspecified atom stereocenters. The van der Waals surface area contributed by atoms with Gasteiger partial charge in [-0.15, -0.1) is 0 Å². The Morgan fingerprint density at radius 2 is 0.984 bits per heavy atom. The highest BCUT2D eigenvalue weighted by Gasteiger charge is 2.37. The first-order chi connectivity index (χ1) is 30.8. The second-order valence-corrected chi connectivity index (χ2v) is 16.3. The van der Waals surface area contributed by atoms with Crippen LogP contribution in [0.4, 0.5) is 17.1 Å². The maximum atomic E-state index is 5.15. The van der Waals surface area contributed by atoms with E-state index in [2.05, 4.69) is 233 Å². The lowest BCUT2D eigenvalue weighted by Gasteiger charge is -2.35. The van der Waals surface area contributed by atoms with E-state index < -0.39 is 0 Å². The Hall–Kier alpha value is -8.21. The average molecular weight is 791 g/mol. The molecule has 2 aliphatic rings. The normalized spacial score (nSPS) is 13.7. The van der Waals surface area contributed by atoms with Gasteiger partial charge in [0.05, 0.1) is 28.1 Å². The zero-order valence-electron chi connectivity index (χ0n) is 33.7. The molecular weight excluding hydrogens is 753 g/mol. The fraction of sp³-hybridized carbons (Fsp3) is 0.0172. The average Bonchev–Trinajstić information content (AvgIpc) is 3.93. The van der Waals surface area contributed by atoms with Crippen molar-refractivity contribution in [2.24, 2.45) is 0 Å². The van der Waals surface area contributed by atoms with Gasteiger partial charge in [0.1, 0.15) is 12.0 Å². The molecule has 0 saturated carbocycles. The van der Waals surface area contributed by atoms with E-state index in [-0.39, 0.29) is 6.17 Å². The Morgan fingerprint density at radius 1 is 0.403 bits per heavy atom. The highest BCUT2D eigenvalue weighted by atomic mass is 15.3. The van der Waals surface area contributed by atoms with Gasteiger partial charge in [0.2, 0.25) is 0 Å². The third-order valence-corrected chi connectivity index (χ3v) is 12.9. The Labute approximate surface area is 359 Å². The summed E-state index contributed by atoms with van der Waals surface area (Å²) < 4.78 is 2.26. The minimum Gasteiger partial charge on any atom is -0.359 e. The summed E-state index contributed by atoms with van der Waals surface area (Å²) >= 11 is 0. The fourth-order valence-corrected chi connectivity index (χ4v) is 10.2. The Morgan fingerprint density at radius 3 is 1.76 bits per heavy atom. The van der Waals surface area contributed by atoms with E-state index >= 15 is 0 Å². The second kappa shape index (κ2) is 13.7. The van der Waals surface area contributed by atoms with Crippen LogP contribution in [-0.2, 0) is 0 Å². The first-order valence-electron chi connectivity index (χ1n) is 21.3. The Balaban J connectivity index is 0.924. The van der Waals surface area contributed by atoms with Crippen LogP contribution in [0.3, 0.4) is 0 Å². The van der Waals surface area contributed by atoms with Crippen LogP contribution in [0.2, 0.25) is 0 Å². The fourth-order valence-electron chi connectivity index (χ4n) is 10.2. The van der Waals surface area contributed by atoms with E-state index in [1.807, 2.05) is 0 Å². The maximum Gasteiger partial charge on any atom is 0.145 e. The van der Waals surface area contributed by atoms with Gasteiger partial charge in [0, 0.05) is 22.4 Å². The van der Waals surface area contributed by atoms with E-state index in [0.717, 1.165) is 28.1 Å². The first kappa shape index (κ1) is 34.6. The van der Waals surface area contributed by atoms with Crippen LogP contribution in [0.25, 0.3) is 94.2 Å². The van der Waals surface area contributed by atoms with Crippen molar-refractivity contribution in [3.05, 3.63) is 224 Å². The number of aromatic nitrogens is 2. The van der Waals surface area contributed by atoms with E-state index in [1.165, 1.54) is 88.7 Å². The maximum absolute atomic E-state index is 5.15. The third kappa shape index (κ3) is 5.23. The van der Waals surface area contributed by atoms with E-state index in [9.17, 15) is 0 Å². The molecule has 290 valence electrons. The highest BCUT2D eigenvalue weighted by Crippen LogP contribution is 2.54. The van der Waals surface area contributed by atoms with Crippen LogP contribution in [0, 0.1) is 0 Å². The smallest absolute Gasteiger partial charge is 0.145 e. The molecule has 1 N–H and O–H groups in total. The number of rotatable bonds is 5. The largest absolute Gasteiger partial charge is 0.359 e. The summed E-state index contributed by atoms with van der Waals surface area (Å²) in [6.07, 6.45) is 0.0442. The molecule has 3 heterocycles. The number of hydrogen-bond acceptors (Lipinski definition) is 3. The van der Waals surface area contributed by atoms with Crippen LogP contribution < -0.4 is 10.2 Å². The van der Waals surface area contributed by atoms with Gasteiger partial charge in [-0.3, -0.25) is 4.57 Å². The standard InChI is InChI=1S/C58H38N4/c1-2-17-42(18-3-1)61-53-27-12-9-24-50(53)59-57(61)38-31-29-37(30-32-38)55-44-20-4-6-22-46(44)56(47-23-7-5-21-45(47)55)41-16-14-15-39(35-41)40-33-34-48-49(36-40)43-19-8-11-26-52(43)62-54-28-13-10-25-51(54)60-58(48)62/h1-36,58,60H. The molecule has 0 fully saturated rings. The summed E-state index contributed by atoms with van der Waals surface area (Å²) in [4.78, 5) is 7.59. The quantitative estimate of drug-likeness (QED) is 0.176. The summed E-state index contributed by atoms with van der Waals surface area (Å²) in [5, 5.41) is 8.76. The lowest BCUT2D eigenvalue weighted by Crippen LogP contribution is -2.27. The molecule has 13 rings (SSSR count). The highest BCUT2D eigenvalue weighted by molar-refractivity contribution is 6.21. The van der Waals surface area contributed by atoms with E-state index in [1.54, 1.807) is 0 Å². The van der Waals surface area contributed by atoms with Gasteiger partial charge in [-0.1, -0.05) is 164 Å². The molecule has 0 radical (unpaired) electrons. The topological polar surface area (TPSA) is 33.1 Å². The van der Waals surface area contributed by atoms with Crippen molar-refractivity contribution >= 4 is 49.6 Å². The van der Waals surface area contributed by atoms with E-state index in [4.69, 9.17) is 4.98 Å². The lowest BCUT2D eigenvalue weighted by atomic mass is 9.85. The first-order valence-corrected chi connectivity index (χ1v) is 21.3. The molecule has 11 aromatic rings. The van der Waals surface area contributed by atoms with E-state index in [0.29, 0.717) is 0 Å². The monoisotopic (exact) mass is 790 g/mol. The number of imidazole rings is 1. The molecule has 0 aliphatic carbocycles. The zero-order chi connectivity index (χ0) is 40.7. The predicted molar refractivity (Wildman–Crippen MR) is 258 cm³/mol. The van der Waals surface area contributed by atoms with Crippen LogP contribution in [0.5, 0.6) is 0 Å². The SMILES string of the molecule is c1ccc(-n2c(-c3ccc(-c4c5ccccc5c(-c5cccc(-c6ccc7c(c6)-c6ccccc6N6c8ccccc8NC76)c5)c5ccccc45)cc3)nc3ccccc32)cc1. The molecule has 0 saturated heterocycles. The molecule has 0 bridgehead atoms. The molecule has 10 aromatic carbocycles. The number of nitrogens with one attached hydrogen (secondary N) is 1. The third-order valence-electron chi connectivity index (χ3n) is 12.9. The molecule has 2 aliphatic heterocycles. The van der Waals surface area contributed by atoms with Gasteiger partial charge in [0.25, 0.3) is 0 Å². The molecule has 4 heteroatoms. The summed E-state index contributed by atoms with van der Waals surface area (Å²) in [5.41, 5.74) is 18.9. The Bertz CT molecular complexity index is 3510. The summed E-state index contributed by atoms with van der Waals surface area (Å²) in [7, 11) is 0. The summed E-state index contributed by atoms with van der Waals surface area (Å²) in [5.74, 6) is 0.930. The molecule has 62 heavy (non-hydrogen) atoms. The van der Waals surface area contributed by atoms with Crippen molar-refractivity contribution in [3.63, 3.8) is 0 Å². The number of anilines is 3. The van der Waals surface area contributed by atoms with Crippen molar-refractivity contribution in [2.75, 3.05) is 10.2 Å². The van der Waals surface area contributed by atoms with Crippen molar-refractivity contribution in [1.82, 2.24) is 9.55 Å². The van der Waals surface area contributed by atoms with Gasteiger partial charge in [0.15, 0.2) is 0 Å². The van der Waals surface area contributed by atoms with Crippen molar-refractivity contribution in [1.29, 1.82) is 0 Å². The van der Waals surface area contributed by atoms with Gasteiger partial charge < -0.3 is 10.2 Å². The zero-order valence-corrected chi connectivity index (χ0v) is 33.7. The number of fused-ring (bicyclic) bond motifs is 11. The number of hydrogen-bond donors (Lipinski definition) is 1. The van der Waals surface area contributed by atoms with Crippen LogP contribution in [0.15, 0.2) is 218 Å². The van der Waals surface area contributed by atoms with Crippen LogP contribution >= 0.6 is 0 Å². The lowest BCUT2D eigenvalue weighted by molar-refractivity contribution is 0.819. The molecule has 4 nitrogen and oxygen atoms in total. The minimum absolute atomic E-state index is 0.0442. The molecule has 1 aromatic heterocycles. The Kier molecular flexibility index (Phi) is 7.63. The molecular formula is C58H38N4. The molecule has 0 amide bonds. The number of benzene rings is 10. The van der Waals surface area contributed by atoms with Gasteiger partial charge in [-0.05, 0) is 115 Å². The van der Waals surface area contributed by atoms with Crippen LogP contribution in [-0.4, -0.2) is 9.55 Å². The van der Waals surface area contributed by atoms with Gasteiger partial charge in [-0.25, -0.2) is 4.98 Å². The van der Waals surface area contributed by atoms with Gasteiger partial charge in [-0.2, -0.15) is 0 Å². The number of nitrogens with zero attached hydrogens (tertiary/aromatic N) is 3. The summed E-state index contributed by atoms with van der Waals surface area (Å²) in [6, 6.07) is 79.3. The molecule has 1 atom stereocenters. The minimum atomic E-state index is 0.0442. The summed E-state index contributed by atoms with van der Waals surface area (Å²) in [6.45, 7) is 0. The van der Waals surface area contributed by atoms with Gasteiger partial charge >= 0.3 is 0 Å². The molecule has 0 spiro atoms. The van der Waals surface area contributed by atoms with Crippen molar-refractivity contribution < 1.29 is 0 Å². The number of para-hydroxylation sites is 6. The predicted octanol–water partition coefficient (Wildman–Crippen LogP) is 15.2. The van der Waals surface area contributed by atoms with Crippen LogP contribution in [0.1, 0.15) is 11.7 Å². The second-order valence-electron chi connectivity index (χ2n) is 16.3. The van der Waals surface area contributed by atoms with Crippen molar-refractivity contribution in [3.8, 4) is 61.6 Å². The van der Waals surface area contributed by atoms with Crippen molar-refractivity contribution in [2.45, 2.75) is 6.17 Å².